The summed E-state index contributed by atoms with van der Waals surface area (Å²) in [6.45, 7) is 2.00. The number of hydrogen-bond donors (Lipinski definition) is 2. The Kier molecular flexibility index (Phi) is 6.21. The van der Waals surface area contributed by atoms with Gasteiger partial charge in [-0.15, -0.1) is 0 Å². The molecule has 0 saturated carbocycles. The maximum atomic E-state index is 12.2. The molecule has 0 fully saturated rings. The number of nitriles is 1. The molecule has 1 aromatic rings. The highest BCUT2D eigenvalue weighted by Gasteiger charge is 2.24. The second-order valence-electron chi connectivity index (χ2n) is 4.79. The van der Waals surface area contributed by atoms with E-state index in [1.165, 1.54) is 7.05 Å². The van der Waals surface area contributed by atoms with Crippen LogP contribution in [0.25, 0.3) is 0 Å². The fourth-order valence-corrected chi connectivity index (χ4v) is 1.87. The van der Waals surface area contributed by atoms with E-state index in [9.17, 15) is 9.59 Å². The Morgan fingerprint density at radius 1 is 1.48 bits per heavy atom. The standard InChI is InChI=1S/C15H20N4O2/c1-3-4-8-13(15(21)19(2)10-16)18-14(20)11-6-5-7-12(17)9-11/h5-7,9,13H,3-4,8,17H2,1-2H3,(H,18,20)/t13-/m0/s1. The van der Waals surface area contributed by atoms with Crippen LogP contribution in [0.2, 0.25) is 0 Å². The van der Waals surface area contributed by atoms with Gasteiger partial charge in [0, 0.05) is 18.3 Å². The summed E-state index contributed by atoms with van der Waals surface area (Å²) >= 11 is 0. The van der Waals surface area contributed by atoms with E-state index < -0.39 is 11.9 Å². The van der Waals surface area contributed by atoms with Crippen molar-refractivity contribution in [3.63, 3.8) is 0 Å². The predicted molar refractivity (Wildman–Crippen MR) is 80.0 cm³/mol. The van der Waals surface area contributed by atoms with Crippen LogP contribution in [-0.4, -0.2) is 29.8 Å². The van der Waals surface area contributed by atoms with Crippen molar-refractivity contribution < 1.29 is 9.59 Å². The van der Waals surface area contributed by atoms with Crippen LogP contribution in [-0.2, 0) is 4.79 Å². The van der Waals surface area contributed by atoms with Crippen molar-refractivity contribution >= 4 is 17.5 Å². The highest BCUT2D eigenvalue weighted by Crippen LogP contribution is 2.09. The van der Waals surface area contributed by atoms with Crippen molar-refractivity contribution in [1.82, 2.24) is 10.2 Å². The molecule has 0 heterocycles. The van der Waals surface area contributed by atoms with Crippen LogP contribution in [0.15, 0.2) is 24.3 Å². The molecule has 0 unspecified atom stereocenters. The van der Waals surface area contributed by atoms with Gasteiger partial charge in [-0.3, -0.25) is 14.5 Å². The molecule has 1 atom stereocenters. The minimum Gasteiger partial charge on any atom is -0.399 e. The van der Waals surface area contributed by atoms with Crippen LogP contribution in [0.4, 0.5) is 5.69 Å². The highest BCUT2D eigenvalue weighted by atomic mass is 16.2. The number of hydrogen-bond acceptors (Lipinski definition) is 4. The van der Waals surface area contributed by atoms with Gasteiger partial charge in [0.2, 0.25) is 0 Å². The summed E-state index contributed by atoms with van der Waals surface area (Å²) in [5, 5.41) is 11.5. The number of likely N-dealkylation sites (N-methyl/N-ethyl adjacent to an activating group) is 1. The maximum Gasteiger partial charge on any atom is 0.257 e. The van der Waals surface area contributed by atoms with Crippen LogP contribution < -0.4 is 11.1 Å². The van der Waals surface area contributed by atoms with Crippen molar-refractivity contribution in [2.45, 2.75) is 32.2 Å². The van der Waals surface area contributed by atoms with Gasteiger partial charge in [0.1, 0.15) is 6.04 Å². The molecular weight excluding hydrogens is 268 g/mol. The molecule has 0 aliphatic rings. The van der Waals surface area contributed by atoms with Gasteiger partial charge in [-0.25, -0.2) is 0 Å². The molecule has 6 nitrogen and oxygen atoms in total. The first-order valence-electron chi connectivity index (χ1n) is 6.83. The molecule has 0 aromatic heterocycles. The van der Waals surface area contributed by atoms with Crippen LogP contribution in [0.5, 0.6) is 0 Å². The van der Waals surface area contributed by atoms with Crippen LogP contribution in [0.1, 0.15) is 36.5 Å². The summed E-state index contributed by atoms with van der Waals surface area (Å²) in [5.74, 6) is -0.786. The Balaban J connectivity index is 2.83. The Bertz CT molecular complexity index is 551. The van der Waals surface area contributed by atoms with Gasteiger partial charge in [-0.2, -0.15) is 5.26 Å². The Hall–Kier alpha value is -2.55. The molecule has 0 aliphatic heterocycles. The normalized spacial score (nSPS) is 11.3. The average Bonchev–Trinajstić information content (AvgIpc) is 2.49. The van der Waals surface area contributed by atoms with Crippen molar-refractivity contribution in [2.24, 2.45) is 0 Å². The number of anilines is 1. The van der Waals surface area contributed by atoms with Crippen molar-refractivity contribution in [2.75, 3.05) is 12.8 Å². The molecule has 0 saturated heterocycles. The lowest BCUT2D eigenvalue weighted by molar-refractivity contribution is -0.129. The Labute approximate surface area is 124 Å². The van der Waals surface area contributed by atoms with Gasteiger partial charge >= 0.3 is 0 Å². The molecule has 112 valence electrons. The van der Waals surface area contributed by atoms with E-state index >= 15 is 0 Å². The molecular formula is C15H20N4O2. The SMILES string of the molecule is CCCC[C@H](NC(=O)c1cccc(N)c1)C(=O)N(C)C#N. The number of nitrogens with two attached hydrogens (primary N) is 1. The Morgan fingerprint density at radius 2 is 2.19 bits per heavy atom. The largest absolute Gasteiger partial charge is 0.399 e. The van der Waals surface area contributed by atoms with E-state index in [1.54, 1.807) is 30.5 Å². The lowest BCUT2D eigenvalue weighted by Gasteiger charge is -2.20. The molecule has 0 spiro atoms. The first-order chi connectivity index (χ1) is 9.99. The van der Waals surface area contributed by atoms with Crippen LogP contribution >= 0.6 is 0 Å². The molecule has 1 aromatic carbocycles. The number of amides is 2. The minimum absolute atomic E-state index is 0.372. The summed E-state index contributed by atoms with van der Waals surface area (Å²) in [6.07, 6.45) is 3.93. The second kappa shape index (κ2) is 7.90. The smallest absolute Gasteiger partial charge is 0.257 e. The zero-order valence-corrected chi connectivity index (χ0v) is 12.3. The monoisotopic (exact) mass is 288 g/mol. The third-order valence-electron chi connectivity index (χ3n) is 3.08. The van der Waals surface area contributed by atoms with Gasteiger partial charge < -0.3 is 11.1 Å². The lowest BCUT2D eigenvalue weighted by Crippen LogP contribution is -2.46. The minimum atomic E-state index is -0.705. The molecule has 0 aliphatic carbocycles. The zero-order chi connectivity index (χ0) is 15.8. The zero-order valence-electron chi connectivity index (χ0n) is 12.3. The second-order valence-corrected chi connectivity index (χ2v) is 4.79. The summed E-state index contributed by atoms with van der Waals surface area (Å²) in [7, 11) is 1.38. The number of nitrogen functional groups attached to an aromatic ring is 1. The summed E-state index contributed by atoms with van der Waals surface area (Å²) < 4.78 is 0. The number of benzene rings is 1. The first kappa shape index (κ1) is 16.5. The third kappa shape index (κ3) is 4.80. The summed E-state index contributed by atoms with van der Waals surface area (Å²) in [5.41, 5.74) is 6.51. The van der Waals surface area contributed by atoms with Crippen molar-refractivity contribution in [3.05, 3.63) is 29.8 Å². The maximum absolute atomic E-state index is 12.2. The summed E-state index contributed by atoms with van der Waals surface area (Å²) in [4.78, 5) is 25.2. The predicted octanol–water partition coefficient (Wildman–Crippen LogP) is 1.50. The van der Waals surface area contributed by atoms with E-state index in [1.807, 2.05) is 6.92 Å². The topological polar surface area (TPSA) is 99.2 Å². The highest BCUT2D eigenvalue weighted by molar-refractivity contribution is 5.98. The number of nitrogens with zero attached hydrogens (tertiary/aromatic N) is 2. The molecule has 3 N–H and O–H groups in total. The van der Waals surface area contributed by atoms with Gasteiger partial charge in [-0.05, 0) is 24.6 Å². The molecule has 0 radical (unpaired) electrons. The number of nitrogens with one attached hydrogen (secondary N) is 1. The van der Waals surface area contributed by atoms with Crippen LogP contribution in [0.3, 0.4) is 0 Å². The van der Waals surface area contributed by atoms with Crippen molar-refractivity contribution in [1.29, 1.82) is 5.26 Å². The first-order valence-corrected chi connectivity index (χ1v) is 6.83. The van der Waals surface area contributed by atoms with E-state index in [0.717, 1.165) is 17.7 Å². The fraction of sp³-hybridized carbons (Fsp3) is 0.400. The fourth-order valence-electron chi connectivity index (χ4n) is 1.87. The third-order valence-corrected chi connectivity index (χ3v) is 3.08. The van der Waals surface area contributed by atoms with E-state index in [4.69, 9.17) is 11.0 Å². The molecule has 0 bridgehead atoms. The van der Waals surface area contributed by atoms with E-state index in [0.29, 0.717) is 17.7 Å². The molecule has 21 heavy (non-hydrogen) atoms. The number of carbonyl (C=O) groups is 2. The molecule has 1 rings (SSSR count). The van der Waals surface area contributed by atoms with E-state index in [2.05, 4.69) is 5.32 Å². The van der Waals surface area contributed by atoms with E-state index in [-0.39, 0.29) is 5.91 Å². The van der Waals surface area contributed by atoms with Gasteiger partial charge in [0.05, 0.1) is 0 Å². The van der Waals surface area contributed by atoms with Crippen LogP contribution in [0, 0.1) is 11.5 Å². The molecule has 2 amide bonds. The van der Waals surface area contributed by atoms with Gasteiger partial charge in [0.25, 0.3) is 11.8 Å². The van der Waals surface area contributed by atoms with Crippen molar-refractivity contribution in [3.8, 4) is 6.19 Å². The summed E-state index contributed by atoms with van der Waals surface area (Å²) in [6, 6.07) is 5.82. The van der Waals surface area contributed by atoms with Gasteiger partial charge in [0.15, 0.2) is 6.19 Å². The number of unbranched alkanes of at least 4 members (excludes halogenated alkanes) is 1. The number of rotatable bonds is 6. The van der Waals surface area contributed by atoms with Gasteiger partial charge in [-0.1, -0.05) is 25.8 Å². The lowest BCUT2D eigenvalue weighted by atomic mass is 10.1. The average molecular weight is 288 g/mol. The molecule has 6 heteroatoms. The number of carbonyl (C=O) groups excluding carboxylic acids is 2. The Morgan fingerprint density at radius 3 is 2.76 bits per heavy atom. The quantitative estimate of drug-likeness (QED) is 0.470.